The molecule has 98 valence electrons. The maximum absolute atomic E-state index is 12.7. The topological polar surface area (TPSA) is 41.1 Å². The van der Waals surface area contributed by atoms with Crippen LogP contribution < -0.4 is 10.6 Å². The Morgan fingerprint density at radius 2 is 2.11 bits per heavy atom. The van der Waals surface area contributed by atoms with Crippen molar-refractivity contribution in [2.45, 2.75) is 13.3 Å². The molecule has 1 heterocycles. The van der Waals surface area contributed by atoms with E-state index < -0.39 is 0 Å². The van der Waals surface area contributed by atoms with Crippen LogP contribution in [-0.2, 0) is 11.2 Å². The van der Waals surface area contributed by atoms with Gasteiger partial charge in [0.15, 0.2) is 0 Å². The molecule has 3 nitrogen and oxygen atoms in total. The van der Waals surface area contributed by atoms with Crippen molar-refractivity contribution in [2.24, 2.45) is 11.8 Å². The Balaban J connectivity index is 1.71. The van der Waals surface area contributed by atoms with Gasteiger partial charge in [0.2, 0.25) is 5.91 Å². The SMILES string of the molecule is CC(C(=O)NCCc1ccc(F)cc1)C1CNC1. The monoisotopic (exact) mass is 250 g/mol. The second-order valence-corrected chi connectivity index (χ2v) is 4.87. The van der Waals surface area contributed by atoms with Crippen molar-refractivity contribution in [3.63, 3.8) is 0 Å². The first kappa shape index (κ1) is 13.0. The highest BCUT2D eigenvalue weighted by molar-refractivity contribution is 5.78. The maximum Gasteiger partial charge on any atom is 0.223 e. The van der Waals surface area contributed by atoms with Crippen LogP contribution >= 0.6 is 0 Å². The zero-order chi connectivity index (χ0) is 13.0. The lowest BCUT2D eigenvalue weighted by Crippen LogP contribution is -2.49. The van der Waals surface area contributed by atoms with E-state index in [9.17, 15) is 9.18 Å². The summed E-state index contributed by atoms with van der Waals surface area (Å²) in [5, 5.41) is 6.10. The molecule has 0 spiro atoms. The van der Waals surface area contributed by atoms with Crippen LogP contribution in [-0.4, -0.2) is 25.5 Å². The predicted molar refractivity (Wildman–Crippen MR) is 68.6 cm³/mol. The normalized spacial score (nSPS) is 17.0. The van der Waals surface area contributed by atoms with Gasteiger partial charge in [-0.25, -0.2) is 4.39 Å². The summed E-state index contributed by atoms with van der Waals surface area (Å²) >= 11 is 0. The first-order valence-corrected chi connectivity index (χ1v) is 6.39. The molecule has 1 aliphatic rings. The highest BCUT2D eigenvalue weighted by atomic mass is 19.1. The van der Waals surface area contributed by atoms with Crippen LogP contribution in [0.4, 0.5) is 4.39 Å². The van der Waals surface area contributed by atoms with E-state index in [2.05, 4.69) is 10.6 Å². The van der Waals surface area contributed by atoms with E-state index in [4.69, 9.17) is 0 Å². The molecule has 1 saturated heterocycles. The minimum Gasteiger partial charge on any atom is -0.356 e. The van der Waals surface area contributed by atoms with Gasteiger partial charge in [0.1, 0.15) is 5.82 Å². The maximum atomic E-state index is 12.7. The minimum absolute atomic E-state index is 0.0690. The van der Waals surface area contributed by atoms with E-state index in [1.165, 1.54) is 12.1 Å². The zero-order valence-corrected chi connectivity index (χ0v) is 10.6. The summed E-state index contributed by atoms with van der Waals surface area (Å²) in [5.74, 6) is 0.424. The highest BCUT2D eigenvalue weighted by Gasteiger charge is 2.28. The lowest BCUT2D eigenvalue weighted by atomic mass is 9.88. The third kappa shape index (κ3) is 3.29. The number of benzene rings is 1. The van der Waals surface area contributed by atoms with Gasteiger partial charge in [0.05, 0.1) is 0 Å². The number of hydrogen-bond acceptors (Lipinski definition) is 2. The Hall–Kier alpha value is -1.42. The molecule has 1 atom stereocenters. The molecule has 0 radical (unpaired) electrons. The summed E-state index contributed by atoms with van der Waals surface area (Å²) in [6, 6.07) is 6.39. The summed E-state index contributed by atoms with van der Waals surface area (Å²) in [7, 11) is 0. The number of carbonyl (C=O) groups excluding carboxylic acids is 1. The number of carbonyl (C=O) groups is 1. The average Bonchev–Trinajstić information content (AvgIpc) is 2.29. The van der Waals surface area contributed by atoms with Crippen LogP contribution in [0.2, 0.25) is 0 Å². The molecule has 1 aliphatic heterocycles. The molecular formula is C14H19FN2O. The van der Waals surface area contributed by atoms with E-state index in [1.54, 1.807) is 12.1 Å². The molecule has 0 aromatic heterocycles. The molecule has 0 bridgehead atoms. The Morgan fingerprint density at radius 3 is 2.67 bits per heavy atom. The van der Waals surface area contributed by atoms with Crippen molar-refractivity contribution in [3.05, 3.63) is 35.6 Å². The van der Waals surface area contributed by atoms with E-state index >= 15 is 0 Å². The van der Waals surface area contributed by atoms with Crippen LogP contribution in [0.1, 0.15) is 12.5 Å². The van der Waals surface area contributed by atoms with Crippen molar-refractivity contribution < 1.29 is 9.18 Å². The van der Waals surface area contributed by atoms with Gasteiger partial charge in [-0.3, -0.25) is 4.79 Å². The highest BCUT2D eigenvalue weighted by Crippen LogP contribution is 2.15. The van der Waals surface area contributed by atoms with Crippen LogP contribution in [0, 0.1) is 17.7 Å². The fraction of sp³-hybridized carbons (Fsp3) is 0.500. The van der Waals surface area contributed by atoms with Crippen LogP contribution in [0.3, 0.4) is 0 Å². The second kappa shape index (κ2) is 5.96. The first-order chi connectivity index (χ1) is 8.66. The predicted octanol–water partition coefficient (Wildman–Crippen LogP) is 1.34. The summed E-state index contributed by atoms with van der Waals surface area (Å²) < 4.78 is 12.7. The van der Waals surface area contributed by atoms with Crippen molar-refractivity contribution in [1.29, 1.82) is 0 Å². The molecule has 1 aromatic rings. The fourth-order valence-electron chi connectivity index (χ4n) is 2.02. The van der Waals surface area contributed by atoms with Gasteiger partial charge in [-0.15, -0.1) is 0 Å². The van der Waals surface area contributed by atoms with Gasteiger partial charge in [-0.1, -0.05) is 19.1 Å². The van der Waals surface area contributed by atoms with Gasteiger partial charge < -0.3 is 10.6 Å². The van der Waals surface area contributed by atoms with E-state index in [-0.39, 0.29) is 17.6 Å². The summed E-state index contributed by atoms with van der Waals surface area (Å²) in [5.41, 5.74) is 1.04. The van der Waals surface area contributed by atoms with Gasteiger partial charge in [-0.2, -0.15) is 0 Å². The van der Waals surface area contributed by atoms with Crippen LogP contribution in [0.15, 0.2) is 24.3 Å². The minimum atomic E-state index is -0.228. The van der Waals surface area contributed by atoms with Gasteiger partial charge in [0, 0.05) is 12.5 Å². The molecule has 1 amide bonds. The lowest BCUT2D eigenvalue weighted by molar-refractivity contribution is -0.126. The van der Waals surface area contributed by atoms with E-state index in [1.807, 2.05) is 6.92 Å². The average molecular weight is 250 g/mol. The molecule has 2 rings (SSSR count). The molecule has 1 fully saturated rings. The molecule has 4 heteroatoms. The Kier molecular flexibility index (Phi) is 4.31. The lowest BCUT2D eigenvalue weighted by Gasteiger charge is -2.31. The third-order valence-electron chi connectivity index (χ3n) is 3.56. The molecule has 1 aromatic carbocycles. The molecule has 18 heavy (non-hydrogen) atoms. The Morgan fingerprint density at radius 1 is 1.44 bits per heavy atom. The number of hydrogen-bond donors (Lipinski definition) is 2. The smallest absolute Gasteiger partial charge is 0.223 e. The van der Waals surface area contributed by atoms with Gasteiger partial charge in [0.25, 0.3) is 0 Å². The fourth-order valence-corrected chi connectivity index (χ4v) is 2.02. The standard InChI is InChI=1S/C14H19FN2O/c1-10(12-8-16-9-12)14(18)17-7-6-11-2-4-13(15)5-3-11/h2-5,10,12,16H,6-9H2,1H3,(H,17,18). The van der Waals surface area contributed by atoms with Crippen molar-refractivity contribution in [1.82, 2.24) is 10.6 Å². The molecule has 0 saturated carbocycles. The molecular weight excluding hydrogens is 231 g/mol. The number of nitrogens with one attached hydrogen (secondary N) is 2. The Labute approximate surface area is 107 Å². The summed E-state index contributed by atoms with van der Waals surface area (Å²) in [6.07, 6.45) is 0.738. The third-order valence-corrected chi connectivity index (χ3v) is 3.56. The number of rotatable bonds is 5. The zero-order valence-electron chi connectivity index (χ0n) is 10.6. The quantitative estimate of drug-likeness (QED) is 0.828. The molecule has 0 aliphatic carbocycles. The van der Waals surface area contributed by atoms with Crippen molar-refractivity contribution in [3.8, 4) is 0 Å². The Bertz CT molecular complexity index is 401. The molecule has 1 unspecified atom stereocenters. The molecule has 2 N–H and O–H groups in total. The number of halogens is 1. The van der Waals surface area contributed by atoms with Crippen molar-refractivity contribution in [2.75, 3.05) is 19.6 Å². The van der Waals surface area contributed by atoms with E-state index in [0.29, 0.717) is 12.5 Å². The largest absolute Gasteiger partial charge is 0.356 e. The second-order valence-electron chi connectivity index (χ2n) is 4.87. The van der Waals surface area contributed by atoms with Gasteiger partial charge >= 0.3 is 0 Å². The number of amides is 1. The van der Waals surface area contributed by atoms with Crippen LogP contribution in [0.25, 0.3) is 0 Å². The van der Waals surface area contributed by atoms with Crippen molar-refractivity contribution >= 4 is 5.91 Å². The van der Waals surface area contributed by atoms with Gasteiger partial charge in [-0.05, 0) is 43.1 Å². The van der Waals surface area contributed by atoms with Crippen LogP contribution in [0.5, 0.6) is 0 Å². The van der Waals surface area contributed by atoms with E-state index in [0.717, 1.165) is 25.1 Å². The first-order valence-electron chi connectivity index (χ1n) is 6.39. The summed E-state index contributed by atoms with van der Waals surface area (Å²) in [4.78, 5) is 11.8. The summed E-state index contributed by atoms with van der Waals surface area (Å²) in [6.45, 7) is 4.45.